The first-order chi connectivity index (χ1) is 9.52. The van der Waals surface area contributed by atoms with Crippen LogP contribution in [-0.4, -0.2) is 68.8 Å². The van der Waals surface area contributed by atoms with Crippen LogP contribution in [0.5, 0.6) is 0 Å². The third-order valence-corrected chi connectivity index (χ3v) is 3.64. The Kier molecular flexibility index (Phi) is 4.23. The SMILES string of the molecule is CC(C(N)=NO)N1CCN(C(=O)c2cnn(C)c2)CC1. The van der Waals surface area contributed by atoms with Gasteiger partial charge in [-0.3, -0.25) is 14.4 Å². The summed E-state index contributed by atoms with van der Waals surface area (Å²) < 4.78 is 1.62. The first kappa shape index (κ1) is 14.3. The van der Waals surface area contributed by atoms with Crippen LogP contribution < -0.4 is 5.73 Å². The Morgan fingerprint density at radius 3 is 2.60 bits per heavy atom. The second-order valence-electron chi connectivity index (χ2n) is 4.93. The van der Waals surface area contributed by atoms with E-state index < -0.39 is 0 Å². The maximum Gasteiger partial charge on any atom is 0.257 e. The van der Waals surface area contributed by atoms with Crippen molar-refractivity contribution in [2.75, 3.05) is 26.2 Å². The molecule has 2 heterocycles. The van der Waals surface area contributed by atoms with Crippen LogP contribution in [0.3, 0.4) is 0 Å². The number of oxime groups is 1. The molecule has 0 saturated carbocycles. The van der Waals surface area contributed by atoms with E-state index in [2.05, 4.69) is 15.2 Å². The third kappa shape index (κ3) is 2.90. The summed E-state index contributed by atoms with van der Waals surface area (Å²) in [7, 11) is 1.79. The number of hydrogen-bond acceptors (Lipinski definition) is 5. The maximum absolute atomic E-state index is 12.2. The van der Waals surface area contributed by atoms with Gasteiger partial charge >= 0.3 is 0 Å². The van der Waals surface area contributed by atoms with Crippen molar-refractivity contribution < 1.29 is 10.0 Å². The van der Waals surface area contributed by atoms with Crippen LogP contribution in [0.4, 0.5) is 0 Å². The number of aryl methyl sites for hydroxylation is 1. The van der Waals surface area contributed by atoms with Gasteiger partial charge in [-0.15, -0.1) is 0 Å². The fourth-order valence-corrected chi connectivity index (χ4v) is 2.30. The predicted molar refractivity (Wildman–Crippen MR) is 73.6 cm³/mol. The van der Waals surface area contributed by atoms with Crippen molar-refractivity contribution in [2.24, 2.45) is 17.9 Å². The number of aromatic nitrogens is 2. The minimum absolute atomic E-state index is 0.00537. The standard InChI is InChI=1S/C12H20N6O2/c1-9(11(13)15-20)17-3-5-18(6-4-17)12(19)10-7-14-16(2)8-10/h7-9,20H,3-6H2,1-2H3,(H2,13,15). The van der Waals surface area contributed by atoms with E-state index in [1.165, 1.54) is 0 Å². The van der Waals surface area contributed by atoms with Crippen molar-refractivity contribution in [3.8, 4) is 0 Å². The summed E-state index contributed by atoms with van der Waals surface area (Å²) in [6.07, 6.45) is 3.29. The highest BCUT2D eigenvalue weighted by atomic mass is 16.4. The van der Waals surface area contributed by atoms with E-state index >= 15 is 0 Å². The van der Waals surface area contributed by atoms with E-state index in [1.54, 1.807) is 29.0 Å². The summed E-state index contributed by atoms with van der Waals surface area (Å²) in [6.45, 7) is 4.52. The van der Waals surface area contributed by atoms with Crippen LogP contribution in [0.15, 0.2) is 17.5 Å². The van der Waals surface area contributed by atoms with Crippen LogP contribution in [0.1, 0.15) is 17.3 Å². The van der Waals surface area contributed by atoms with Gasteiger partial charge in [0.15, 0.2) is 5.84 Å². The molecule has 0 radical (unpaired) electrons. The zero-order chi connectivity index (χ0) is 14.7. The third-order valence-electron chi connectivity index (χ3n) is 3.64. The molecule has 1 aromatic rings. The molecule has 110 valence electrons. The Morgan fingerprint density at radius 2 is 2.10 bits per heavy atom. The molecule has 8 nitrogen and oxygen atoms in total. The topological polar surface area (TPSA) is 100.0 Å². The molecule has 0 bridgehead atoms. The lowest BCUT2D eigenvalue weighted by atomic mass is 10.2. The van der Waals surface area contributed by atoms with E-state index in [-0.39, 0.29) is 17.8 Å². The quantitative estimate of drug-likeness (QED) is 0.330. The molecule has 1 aliphatic rings. The summed E-state index contributed by atoms with van der Waals surface area (Å²) in [6, 6.07) is -0.129. The van der Waals surface area contributed by atoms with Gasteiger partial charge in [0, 0.05) is 39.4 Å². The van der Waals surface area contributed by atoms with Gasteiger partial charge in [-0.25, -0.2) is 0 Å². The number of piperazine rings is 1. The van der Waals surface area contributed by atoms with Gasteiger partial charge in [0.2, 0.25) is 0 Å². The van der Waals surface area contributed by atoms with E-state index in [4.69, 9.17) is 10.9 Å². The normalized spacial score (nSPS) is 19.1. The molecule has 2 rings (SSSR count). The summed E-state index contributed by atoms with van der Waals surface area (Å²) in [5, 5.41) is 15.7. The molecule has 1 unspecified atom stereocenters. The molecule has 8 heteroatoms. The van der Waals surface area contributed by atoms with Gasteiger partial charge in [0.25, 0.3) is 5.91 Å². The molecular formula is C12H20N6O2. The zero-order valence-electron chi connectivity index (χ0n) is 11.7. The lowest BCUT2D eigenvalue weighted by molar-refractivity contribution is 0.0619. The molecule has 1 aliphatic heterocycles. The Labute approximate surface area is 117 Å². The van der Waals surface area contributed by atoms with Gasteiger partial charge in [-0.2, -0.15) is 5.10 Å². The average Bonchev–Trinajstić information content (AvgIpc) is 2.91. The van der Waals surface area contributed by atoms with Gasteiger partial charge in [-0.05, 0) is 6.92 Å². The molecule has 0 aliphatic carbocycles. The van der Waals surface area contributed by atoms with Crippen LogP contribution >= 0.6 is 0 Å². The van der Waals surface area contributed by atoms with Crippen molar-refractivity contribution in [1.29, 1.82) is 0 Å². The minimum Gasteiger partial charge on any atom is -0.409 e. The number of hydrogen-bond donors (Lipinski definition) is 2. The molecule has 20 heavy (non-hydrogen) atoms. The molecule has 0 aromatic carbocycles. The van der Waals surface area contributed by atoms with Gasteiger partial charge in [0.05, 0.1) is 17.8 Å². The lowest BCUT2D eigenvalue weighted by Gasteiger charge is -2.37. The summed E-state index contributed by atoms with van der Waals surface area (Å²) in [4.78, 5) is 16.1. The number of carbonyl (C=O) groups is 1. The maximum atomic E-state index is 12.2. The second-order valence-corrected chi connectivity index (χ2v) is 4.93. The van der Waals surface area contributed by atoms with E-state index in [0.717, 1.165) is 0 Å². The summed E-state index contributed by atoms with van der Waals surface area (Å²) in [5.74, 6) is 0.186. The Balaban J connectivity index is 1.93. The molecule has 1 amide bonds. The Hall–Kier alpha value is -2.09. The monoisotopic (exact) mass is 280 g/mol. The number of carbonyl (C=O) groups excluding carboxylic acids is 1. The van der Waals surface area contributed by atoms with Crippen LogP contribution in [0.25, 0.3) is 0 Å². The average molecular weight is 280 g/mol. The van der Waals surface area contributed by atoms with Crippen molar-refractivity contribution in [1.82, 2.24) is 19.6 Å². The van der Waals surface area contributed by atoms with Crippen molar-refractivity contribution in [3.05, 3.63) is 18.0 Å². The Bertz CT molecular complexity index is 504. The molecule has 1 atom stereocenters. The zero-order valence-corrected chi connectivity index (χ0v) is 11.7. The molecule has 1 aromatic heterocycles. The second kappa shape index (κ2) is 5.91. The lowest BCUT2D eigenvalue weighted by Crippen LogP contribution is -2.54. The highest BCUT2D eigenvalue weighted by molar-refractivity contribution is 5.93. The first-order valence-corrected chi connectivity index (χ1v) is 6.52. The number of amidine groups is 1. The molecular weight excluding hydrogens is 260 g/mol. The number of amides is 1. The van der Waals surface area contributed by atoms with Crippen molar-refractivity contribution in [3.63, 3.8) is 0 Å². The first-order valence-electron chi connectivity index (χ1n) is 6.52. The van der Waals surface area contributed by atoms with E-state index in [1.807, 2.05) is 6.92 Å². The van der Waals surface area contributed by atoms with Crippen molar-refractivity contribution in [2.45, 2.75) is 13.0 Å². The van der Waals surface area contributed by atoms with Crippen LogP contribution in [0, 0.1) is 0 Å². The number of nitrogens with two attached hydrogens (primary N) is 1. The van der Waals surface area contributed by atoms with Crippen molar-refractivity contribution >= 4 is 11.7 Å². The van der Waals surface area contributed by atoms with Gasteiger partial charge in [0.1, 0.15) is 0 Å². The fraction of sp³-hybridized carbons (Fsp3) is 0.583. The number of rotatable bonds is 3. The molecule has 3 N–H and O–H groups in total. The fourth-order valence-electron chi connectivity index (χ4n) is 2.30. The summed E-state index contributed by atoms with van der Waals surface area (Å²) >= 11 is 0. The van der Waals surface area contributed by atoms with Crippen LogP contribution in [-0.2, 0) is 7.05 Å². The van der Waals surface area contributed by atoms with Gasteiger partial charge < -0.3 is 15.8 Å². The smallest absolute Gasteiger partial charge is 0.257 e. The van der Waals surface area contributed by atoms with Crippen LogP contribution in [0.2, 0.25) is 0 Å². The summed E-state index contributed by atoms with van der Waals surface area (Å²) in [5.41, 5.74) is 6.20. The highest BCUT2D eigenvalue weighted by Crippen LogP contribution is 2.10. The largest absolute Gasteiger partial charge is 0.409 e. The number of nitrogens with zero attached hydrogens (tertiary/aromatic N) is 5. The minimum atomic E-state index is -0.129. The van der Waals surface area contributed by atoms with E-state index in [0.29, 0.717) is 31.7 Å². The predicted octanol–water partition coefficient (Wildman–Crippen LogP) is -0.687. The molecule has 1 saturated heterocycles. The highest BCUT2D eigenvalue weighted by Gasteiger charge is 2.26. The van der Waals surface area contributed by atoms with E-state index in [9.17, 15) is 4.79 Å². The molecule has 0 spiro atoms. The van der Waals surface area contributed by atoms with Gasteiger partial charge in [-0.1, -0.05) is 5.16 Å². The molecule has 1 fully saturated rings. The Morgan fingerprint density at radius 1 is 1.45 bits per heavy atom.